The Morgan fingerprint density at radius 3 is 2.25 bits per heavy atom. The lowest BCUT2D eigenvalue weighted by Gasteiger charge is -2.03. The third kappa shape index (κ3) is 7.93. The molecular formula is C19H24O. The predicted molar refractivity (Wildman–Crippen MR) is 90.7 cm³/mol. The molecule has 0 spiro atoms. The van der Waals surface area contributed by atoms with Crippen LogP contribution < -0.4 is 0 Å². The van der Waals surface area contributed by atoms with E-state index in [9.17, 15) is 5.11 Å². The molecule has 0 aliphatic heterocycles. The van der Waals surface area contributed by atoms with Crippen LogP contribution in [0.3, 0.4) is 0 Å². The minimum absolute atomic E-state index is 0.0429. The predicted octanol–water partition coefficient (Wildman–Crippen LogP) is 5.75. The Bertz CT molecular complexity index is 496. The van der Waals surface area contributed by atoms with Crippen molar-refractivity contribution < 1.29 is 5.11 Å². The number of aliphatic hydroxyl groups excluding tert-OH is 1. The lowest BCUT2D eigenvalue weighted by molar-refractivity contribution is 0.426. The van der Waals surface area contributed by atoms with E-state index in [4.69, 9.17) is 0 Å². The molecule has 0 aliphatic carbocycles. The van der Waals surface area contributed by atoms with E-state index in [0.29, 0.717) is 5.57 Å². The maximum Gasteiger partial charge on any atom is 0.111 e. The van der Waals surface area contributed by atoms with Gasteiger partial charge in [-0.15, -0.1) is 0 Å². The van der Waals surface area contributed by atoms with Gasteiger partial charge in [-0.25, -0.2) is 0 Å². The SMILES string of the molecule is C=C/C=C\CCC(=C)/C=C\C(=C)C(=C)/C=C(/C)C(=C)O. The monoisotopic (exact) mass is 268 g/mol. The lowest BCUT2D eigenvalue weighted by atomic mass is 10.0. The third-order valence-electron chi connectivity index (χ3n) is 2.68. The molecule has 0 atom stereocenters. The van der Waals surface area contributed by atoms with E-state index in [0.717, 1.165) is 29.6 Å². The zero-order valence-electron chi connectivity index (χ0n) is 12.4. The first-order valence-corrected chi connectivity index (χ1v) is 6.46. The van der Waals surface area contributed by atoms with Crippen molar-refractivity contribution in [3.05, 3.63) is 97.4 Å². The van der Waals surface area contributed by atoms with Gasteiger partial charge in [-0.3, -0.25) is 0 Å². The average Bonchev–Trinajstić information content (AvgIpc) is 2.40. The van der Waals surface area contributed by atoms with Gasteiger partial charge in [0.2, 0.25) is 0 Å². The van der Waals surface area contributed by atoms with E-state index >= 15 is 0 Å². The first-order chi connectivity index (χ1) is 9.38. The molecule has 1 N–H and O–H groups in total. The van der Waals surface area contributed by atoms with E-state index in [1.165, 1.54) is 0 Å². The van der Waals surface area contributed by atoms with Crippen LogP contribution in [0.15, 0.2) is 97.4 Å². The van der Waals surface area contributed by atoms with Crippen molar-refractivity contribution in [3.8, 4) is 0 Å². The largest absolute Gasteiger partial charge is 0.508 e. The zero-order chi connectivity index (χ0) is 15.5. The first kappa shape index (κ1) is 17.7. The molecule has 0 saturated heterocycles. The Kier molecular flexibility index (Phi) is 8.53. The van der Waals surface area contributed by atoms with Crippen LogP contribution in [0.4, 0.5) is 0 Å². The maximum absolute atomic E-state index is 9.23. The maximum atomic E-state index is 9.23. The summed E-state index contributed by atoms with van der Waals surface area (Å²) in [6.07, 6.45) is 13.1. The van der Waals surface area contributed by atoms with Crippen LogP contribution in [0.2, 0.25) is 0 Å². The van der Waals surface area contributed by atoms with Gasteiger partial charge in [-0.1, -0.05) is 68.8 Å². The van der Waals surface area contributed by atoms with Crippen molar-refractivity contribution in [1.82, 2.24) is 0 Å². The van der Waals surface area contributed by atoms with Crippen LogP contribution in [0.25, 0.3) is 0 Å². The molecule has 106 valence electrons. The fourth-order valence-electron chi connectivity index (χ4n) is 1.31. The van der Waals surface area contributed by atoms with E-state index in [-0.39, 0.29) is 5.76 Å². The van der Waals surface area contributed by atoms with Gasteiger partial charge < -0.3 is 5.11 Å². The Labute approximate surface area is 123 Å². The Hall–Kier alpha value is -2.28. The van der Waals surface area contributed by atoms with E-state index in [2.05, 4.69) is 39.0 Å². The molecule has 1 heteroatoms. The summed E-state index contributed by atoms with van der Waals surface area (Å²) in [4.78, 5) is 0. The average molecular weight is 268 g/mol. The van der Waals surface area contributed by atoms with Gasteiger partial charge in [0.1, 0.15) is 5.76 Å². The number of hydrogen-bond acceptors (Lipinski definition) is 1. The highest BCUT2D eigenvalue weighted by Crippen LogP contribution is 2.15. The topological polar surface area (TPSA) is 20.2 Å². The number of allylic oxidation sites excluding steroid dienone is 10. The van der Waals surface area contributed by atoms with Crippen molar-refractivity contribution in [1.29, 1.82) is 0 Å². The van der Waals surface area contributed by atoms with E-state index in [1.54, 1.807) is 19.1 Å². The zero-order valence-corrected chi connectivity index (χ0v) is 12.4. The van der Waals surface area contributed by atoms with Crippen LogP contribution in [-0.2, 0) is 0 Å². The highest BCUT2D eigenvalue weighted by atomic mass is 16.3. The molecular weight excluding hydrogens is 244 g/mol. The molecule has 0 amide bonds. The molecule has 0 bridgehead atoms. The Balaban J connectivity index is 4.42. The second-order valence-corrected chi connectivity index (χ2v) is 4.52. The van der Waals surface area contributed by atoms with Crippen LogP contribution >= 0.6 is 0 Å². The molecule has 0 rings (SSSR count). The number of hydrogen-bond donors (Lipinski definition) is 1. The van der Waals surface area contributed by atoms with Crippen LogP contribution in [0.1, 0.15) is 19.8 Å². The standard InChI is InChI=1S/C19H24O/c1-7-8-9-10-11-15(2)12-13-16(3)17(4)14-18(5)19(6)20/h7-9,12-14,20H,1-4,6,10-11H2,5H3/b9-8-,13-12-,18-14-. The van der Waals surface area contributed by atoms with Gasteiger partial charge in [0.15, 0.2) is 0 Å². The molecule has 0 unspecified atom stereocenters. The molecule has 0 aromatic rings. The van der Waals surface area contributed by atoms with Crippen LogP contribution in [0, 0.1) is 0 Å². The van der Waals surface area contributed by atoms with Gasteiger partial charge in [-0.05, 0) is 42.6 Å². The molecule has 0 heterocycles. The summed E-state index contributed by atoms with van der Waals surface area (Å²) < 4.78 is 0. The fraction of sp³-hybridized carbons (Fsp3) is 0.158. The van der Waals surface area contributed by atoms with Gasteiger partial charge in [-0.2, -0.15) is 0 Å². The first-order valence-electron chi connectivity index (χ1n) is 6.46. The second kappa shape index (κ2) is 9.62. The Morgan fingerprint density at radius 2 is 1.70 bits per heavy atom. The minimum Gasteiger partial charge on any atom is -0.508 e. The highest BCUT2D eigenvalue weighted by molar-refractivity contribution is 5.46. The summed E-state index contributed by atoms with van der Waals surface area (Å²) in [5.74, 6) is 0.0429. The quantitative estimate of drug-likeness (QED) is 0.417. The van der Waals surface area contributed by atoms with Crippen molar-refractivity contribution in [2.24, 2.45) is 0 Å². The number of rotatable bonds is 9. The third-order valence-corrected chi connectivity index (χ3v) is 2.68. The molecule has 0 aromatic heterocycles. The summed E-state index contributed by atoms with van der Waals surface area (Å²) in [5, 5.41) is 9.23. The van der Waals surface area contributed by atoms with Crippen molar-refractivity contribution in [3.63, 3.8) is 0 Å². The van der Waals surface area contributed by atoms with Crippen LogP contribution in [-0.4, -0.2) is 5.11 Å². The summed E-state index contributed by atoms with van der Waals surface area (Å²) in [6, 6.07) is 0. The van der Waals surface area contributed by atoms with Gasteiger partial charge in [0.05, 0.1) is 0 Å². The van der Waals surface area contributed by atoms with Gasteiger partial charge in [0, 0.05) is 0 Å². The minimum atomic E-state index is 0.0429. The summed E-state index contributed by atoms with van der Waals surface area (Å²) in [5.41, 5.74) is 3.24. The van der Waals surface area contributed by atoms with Crippen LogP contribution in [0.5, 0.6) is 0 Å². The molecule has 0 aromatic carbocycles. The van der Waals surface area contributed by atoms with Gasteiger partial charge in [0.25, 0.3) is 0 Å². The van der Waals surface area contributed by atoms with E-state index < -0.39 is 0 Å². The fourth-order valence-corrected chi connectivity index (χ4v) is 1.31. The van der Waals surface area contributed by atoms with E-state index in [1.807, 2.05) is 18.2 Å². The molecule has 0 saturated carbocycles. The smallest absolute Gasteiger partial charge is 0.111 e. The van der Waals surface area contributed by atoms with Gasteiger partial charge >= 0.3 is 0 Å². The summed E-state index contributed by atoms with van der Waals surface area (Å²) >= 11 is 0. The Morgan fingerprint density at radius 1 is 1.05 bits per heavy atom. The number of aliphatic hydroxyl groups is 1. The molecule has 0 aliphatic rings. The molecule has 0 radical (unpaired) electrons. The molecule has 0 fully saturated rings. The molecule has 1 nitrogen and oxygen atoms in total. The summed E-state index contributed by atoms with van der Waals surface area (Å²) in [7, 11) is 0. The van der Waals surface area contributed by atoms with Crippen molar-refractivity contribution >= 4 is 0 Å². The lowest BCUT2D eigenvalue weighted by Crippen LogP contribution is -1.85. The summed E-state index contributed by atoms with van der Waals surface area (Å²) in [6.45, 7) is 20.7. The highest BCUT2D eigenvalue weighted by Gasteiger charge is 1.97. The second-order valence-electron chi connectivity index (χ2n) is 4.52. The van der Waals surface area contributed by atoms with Crippen molar-refractivity contribution in [2.45, 2.75) is 19.8 Å². The normalized spacial score (nSPS) is 11.8. The van der Waals surface area contributed by atoms with Crippen molar-refractivity contribution in [2.75, 3.05) is 0 Å². The molecule has 20 heavy (non-hydrogen) atoms.